The second-order valence-electron chi connectivity index (χ2n) is 7.30. The molecule has 1 aliphatic rings. The summed E-state index contributed by atoms with van der Waals surface area (Å²) in [5, 5.41) is 4.93. The third kappa shape index (κ3) is 4.89. The molecule has 1 unspecified atom stereocenters. The van der Waals surface area contributed by atoms with Gasteiger partial charge in [-0.05, 0) is 43.3 Å². The summed E-state index contributed by atoms with van der Waals surface area (Å²) in [5.74, 6) is -0.658. The lowest BCUT2D eigenvalue weighted by molar-refractivity contribution is -0.274. The molecule has 1 amide bonds. The van der Waals surface area contributed by atoms with Gasteiger partial charge < -0.3 is 14.4 Å². The van der Waals surface area contributed by atoms with E-state index in [1.165, 1.54) is 22.9 Å². The Bertz CT molecular complexity index is 1130. The monoisotopic (exact) mass is 465 g/mol. The second kappa shape index (κ2) is 8.84. The van der Waals surface area contributed by atoms with Crippen LogP contribution in [-0.4, -0.2) is 52.8 Å². The van der Waals surface area contributed by atoms with E-state index in [0.717, 1.165) is 0 Å². The Morgan fingerprint density at radius 2 is 1.97 bits per heavy atom. The SMILES string of the molecule is CC1COCCN1C(=O)c1cc(-c2cccc(OC(F)(F)F)c2)n(-c2cccc(Cl)c2)n1. The zero-order valence-corrected chi connectivity index (χ0v) is 17.7. The van der Waals surface area contributed by atoms with E-state index in [2.05, 4.69) is 9.84 Å². The van der Waals surface area contributed by atoms with Crippen LogP contribution >= 0.6 is 11.6 Å². The minimum absolute atomic E-state index is 0.125. The van der Waals surface area contributed by atoms with Crippen LogP contribution in [0.15, 0.2) is 54.6 Å². The van der Waals surface area contributed by atoms with E-state index in [9.17, 15) is 18.0 Å². The molecular formula is C22H19ClF3N3O3. The topological polar surface area (TPSA) is 56.6 Å². The van der Waals surface area contributed by atoms with Gasteiger partial charge in [-0.15, -0.1) is 13.2 Å². The number of benzene rings is 2. The number of ether oxygens (including phenoxy) is 2. The van der Waals surface area contributed by atoms with Crippen molar-refractivity contribution < 1.29 is 27.4 Å². The number of morpholine rings is 1. The van der Waals surface area contributed by atoms with Crippen LogP contribution in [0.1, 0.15) is 17.4 Å². The Kier molecular flexibility index (Phi) is 6.12. The fourth-order valence-electron chi connectivity index (χ4n) is 3.52. The Hall–Kier alpha value is -3.04. The molecule has 10 heteroatoms. The standard InChI is InChI=1S/C22H19ClF3N3O3/c1-14-13-31-9-8-28(14)21(30)19-12-20(29(27-19)17-6-3-5-16(23)11-17)15-4-2-7-18(10-15)32-22(24,25)26/h2-7,10-12,14H,8-9,13H2,1H3. The highest BCUT2D eigenvalue weighted by atomic mass is 35.5. The molecule has 0 bridgehead atoms. The largest absolute Gasteiger partial charge is 0.573 e. The van der Waals surface area contributed by atoms with E-state index in [4.69, 9.17) is 16.3 Å². The summed E-state index contributed by atoms with van der Waals surface area (Å²) in [6.45, 7) is 3.15. The van der Waals surface area contributed by atoms with Gasteiger partial charge in [0.15, 0.2) is 5.69 Å². The molecule has 3 aromatic rings. The van der Waals surface area contributed by atoms with Crippen LogP contribution < -0.4 is 4.74 Å². The van der Waals surface area contributed by atoms with Gasteiger partial charge in [-0.3, -0.25) is 4.79 Å². The molecule has 1 fully saturated rings. The lowest BCUT2D eigenvalue weighted by Crippen LogP contribution is -2.47. The zero-order valence-electron chi connectivity index (χ0n) is 17.0. The van der Waals surface area contributed by atoms with Gasteiger partial charge in [0.1, 0.15) is 5.75 Å². The van der Waals surface area contributed by atoms with Gasteiger partial charge in [-0.2, -0.15) is 5.10 Å². The number of hydrogen-bond donors (Lipinski definition) is 0. The number of amides is 1. The summed E-state index contributed by atoms with van der Waals surface area (Å²) < 4.78 is 49.0. The fourth-order valence-corrected chi connectivity index (χ4v) is 3.71. The summed E-state index contributed by atoms with van der Waals surface area (Å²) >= 11 is 6.13. The van der Waals surface area contributed by atoms with E-state index in [0.29, 0.717) is 41.7 Å². The summed E-state index contributed by atoms with van der Waals surface area (Å²) in [5.41, 5.74) is 1.54. The van der Waals surface area contributed by atoms with Gasteiger partial charge in [0.25, 0.3) is 5.91 Å². The lowest BCUT2D eigenvalue weighted by atomic mass is 10.1. The highest BCUT2D eigenvalue weighted by Crippen LogP contribution is 2.31. The van der Waals surface area contributed by atoms with Crippen LogP contribution in [0.2, 0.25) is 5.02 Å². The van der Waals surface area contributed by atoms with Gasteiger partial charge in [-0.1, -0.05) is 29.8 Å². The number of alkyl halides is 3. The van der Waals surface area contributed by atoms with Gasteiger partial charge >= 0.3 is 6.36 Å². The third-order valence-electron chi connectivity index (χ3n) is 4.97. The smallest absolute Gasteiger partial charge is 0.406 e. The zero-order chi connectivity index (χ0) is 22.9. The Balaban J connectivity index is 1.79. The van der Waals surface area contributed by atoms with Crippen molar-refractivity contribution in [2.24, 2.45) is 0 Å². The van der Waals surface area contributed by atoms with Crippen LogP contribution in [0.25, 0.3) is 16.9 Å². The quantitative estimate of drug-likeness (QED) is 0.547. The Labute approximate surface area is 187 Å². The first-order valence-corrected chi connectivity index (χ1v) is 10.2. The lowest BCUT2D eigenvalue weighted by Gasteiger charge is -2.32. The van der Waals surface area contributed by atoms with Crippen molar-refractivity contribution in [3.8, 4) is 22.7 Å². The number of carbonyl (C=O) groups excluding carboxylic acids is 1. The van der Waals surface area contributed by atoms with E-state index in [1.54, 1.807) is 41.3 Å². The summed E-state index contributed by atoms with van der Waals surface area (Å²) in [4.78, 5) is 14.8. The predicted octanol–water partition coefficient (Wildman–Crippen LogP) is 4.95. The van der Waals surface area contributed by atoms with Crippen LogP contribution in [0.5, 0.6) is 5.75 Å². The summed E-state index contributed by atoms with van der Waals surface area (Å²) in [7, 11) is 0. The summed E-state index contributed by atoms with van der Waals surface area (Å²) in [6.07, 6.45) is -4.82. The fraction of sp³-hybridized carbons (Fsp3) is 0.273. The number of nitrogens with zero attached hydrogens (tertiary/aromatic N) is 3. The minimum Gasteiger partial charge on any atom is -0.406 e. The maximum absolute atomic E-state index is 13.2. The maximum atomic E-state index is 13.2. The van der Waals surface area contributed by atoms with Crippen LogP contribution in [-0.2, 0) is 4.74 Å². The molecule has 1 aliphatic heterocycles. The minimum atomic E-state index is -4.82. The molecule has 2 aromatic carbocycles. The number of carbonyl (C=O) groups is 1. The van der Waals surface area contributed by atoms with Gasteiger partial charge in [-0.25, -0.2) is 4.68 Å². The van der Waals surface area contributed by atoms with Crippen molar-refractivity contribution in [3.63, 3.8) is 0 Å². The molecule has 2 heterocycles. The molecule has 0 radical (unpaired) electrons. The number of halogens is 4. The van der Waals surface area contributed by atoms with Crippen molar-refractivity contribution in [1.29, 1.82) is 0 Å². The molecular weight excluding hydrogens is 447 g/mol. The number of hydrogen-bond acceptors (Lipinski definition) is 4. The average molecular weight is 466 g/mol. The average Bonchev–Trinajstić information content (AvgIpc) is 3.18. The first-order chi connectivity index (χ1) is 15.2. The van der Waals surface area contributed by atoms with Crippen LogP contribution in [0.4, 0.5) is 13.2 Å². The van der Waals surface area contributed by atoms with Crippen molar-refractivity contribution in [1.82, 2.24) is 14.7 Å². The molecule has 32 heavy (non-hydrogen) atoms. The molecule has 0 aliphatic carbocycles. The second-order valence-corrected chi connectivity index (χ2v) is 7.74. The van der Waals surface area contributed by atoms with Crippen LogP contribution in [0, 0.1) is 0 Å². The number of aromatic nitrogens is 2. The molecule has 1 saturated heterocycles. The molecule has 4 rings (SSSR count). The van der Waals surface area contributed by atoms with E-state index >= 15 is 0 Å². The van der Waals surface area contributed by atoms with Crippen molar-refractivity contribution in [2.75, 3.05) is 19.8 Å². The first kappa shape index (κ1) is 22.2. The normalized spacial score (nSPS) is 16.8. The molecule has 168 valence electrons. The Morgan fingerprint density at radius 1 is 1.19 bits per heavy atom. The Morgan fingerprint density at radius 3 is 2.69 bits per heavy atom. The van der Waals surface area contributed by atoms with Crippen molar-refractivity contribution in [2.45, 2.75) is 19.3 Å². The number of rotatable bonds is 4. The van der Waals surface area contributed by atoms with E-state index in [-0.39, 0.29) is 23.4 Å². The first-order valence-electron chi connectivity index (χ1n) is 9.82. The predicted molar refractivity (Wildman–Crippen MR) is 112 cm³/mol. The molecule has 1 aromatic heterocycles. The van der Waals surface area contributed by atoms with E-state index < -0.39 is 6.36 Å². The molecule has 0 N–H and O–H groups in total. The molecule has 0 saturated carbocycles. The van der Waals surface area contributed by atoms with Crippen molar-refractivity contribution in [3.05, 3.63) is 65.3 Å². The van der Waals surface area contributed by atoms with Crippen LogP contribution in [0.3, 0.4) is 0 Å². The summed E-state index contributed by atoms with van der Waals surface area (Å²) in [6, 6.07) is 13.7. The van der Waals surface area contributed by atoms with Gasteiger partial charge in [0.05, 0.1) is 30.6 Å². The van der Waals surface area contributed by atoms with Gasteiger partial charge in [0, 0.05) is 17.1 Å². The maximum Gasteiger partial charge on any atom is 0.573 e. The highest BCUT2D eigenvalue weighted by molar-refractivity contribution is 6.30. The van der Waals surface area contributed by atoms with Gasteiger partial charge in [0.2, 0.25) is 0 Å². The molecule has 0 spiro atoms. The van der Waals surface area contributed by atoms with Crippen molar-refractivity contribution >= 4 is 17.5 Å². The molecule has 1 atom stereocenters. The van der Waals surface area contributed by atoms with E-state index in [1.807, 2.05) is 6.92 Å². The molecule has 6 nitrogen and oxygen atoms in total. The third-order valence-corrected chi connectivity index (χ3v) is 5.21. The highest BCUT2D eigenvalue weighted by Gasteiger charge is 2.31.